The summed E-state index contributed by atoms with van der Waals surface area (Å²) in [6, 6.07) is 16.6. The Bertz CT molecular complexity index is 1180. The van der Waals surface area contributed by atoms with Crippen molar-refractivity contribution in [1.82, 2.24) is 9.88 Å². The molecule has 2 aromatic carbocycles. The smallest absolute Gasteiger partial charge is 0.268 e. The average molecular weight is 465 g/mol. The van der Waals surface area contributed by atoms with E-state index < -0.39 is 11.5 Å². The summed E-state index contributed by atoms with van der Waals surface area (Å²) in [6.07, 6.45) is 1.76. The van der Waals surface area contributed by atoms with Gasteiger partial charge in [0.1, 0.15) is 5.56 Å². The Balaban J connectivity index is 1.75. The largest absolute Gasteiger partial charge is 0.348 e. The number of Topliss-reactive ketones (excluding diaryl/α,β-unsaturated/α-hetero) is 1. The number of nitrogens with zero attached hydrogens (tertiary/aromatic N) is 1. The van der Waals surface area contributed by atoms with Crippen LogP contribution in [0.1, 0.15) is 50.4 Å². The zero-order chi connectivity index (χ0) is 21.3. The molecule has 1 heterocycles. The first-order chi connectivity index (χ1) is 14.4. The van der Waals surface area contributed by atoms with Crippen molar-refractivity contribution in [2.24, 2.45) is 0 Å². The molecule has 1 amide bonds. The second kappa shape index (κ2) is 8.40. The van der Waals surface area contributed by atoms with E-state index in [9.17, 15) is 14.4 Å². The molecule has 0 unspecified atom stereocenters. The van der Waals surface area contributed by atoms with Crippen LogP contribution in [0, 0.1) is 6.92 Å². The maximum absolute atomic E-state index is 13.3. The molecular weight excluding hydrogens is 444 g/mol. The van der Waals surface area contributed by atoms with Crippen LogP contribution in [0.5, 0.6) is 0 Å². The predicted molar refractivity (Wildman–Crippen MR) is 119 cm³/mol. The normalized spacial score (nSPS) is 13.1. The molecule has 152 valence electrons. The van der Waals surface area contributed by atoms with E-state index in [1.165, 1.54) is 10.6 Å². The van der Waals surface area contributed by atoms with Crippen LogP contribution in [0.3, 0.4) is 0 Å². The monoisotopic (exact) mass is 464 g/mol. The average Bonchev–Trinajstić information content (AvgIpc) is 2.74. The highest BCUT2D eigenvalue weighted by molar-refractivity contribution is 9.10. The molecule has 0 saturated heterocycles. The molecule has 6 heteroatoms. The summed E-state index contributed by atoms with van der Waals surface area (Å²) in [5, 5.41) is 2.81. The number of aryl methyl sites for hydroxylation is 1. The summed E-state index contributed by atoms with van der Waals surface area (Å²) in [6.45, 7) is 2.26. The molecule has 1 aromatic heterocycles. The van der Waals surface area contributed by atoms with E-state index in [1.807, 2.05) is 55.5 Å². The number of pyridine rings is 1. The lowest BCUT2D eigenvalue weighted by Gasteiger charge is -2.21. The lowest BCUT2D eigenvalue weighted by atomic mass is 9.92. The van der Waals surface area contributed by atoms with Crippen molar-refractivity contribution in [2.75, 3.05) is 0 Å². The van der Waals surface area contributed by atoms with E-state index in [4.69, 9.17) is 0 Å². The number of halogens is 1. The van der Waals surface area contributed by atoms with Gasteiger partial charge in [0.25, 0.3) is 11.5 Å². The van der Waals surface area contributed by atoms with Gasteiger partial charge in [-0.2, -0.15) is 0 Å². The fourth-order valence-corrected chi connectivity index (χ4v) is 3.97. The van der Waals surface area contributed by atoms with Crippen molar-refractivity contribution in [3.8, 4) is 5.69 Å². The van der Waals surface area contributed by atoms with E-state index >= 15 is 0 Å². The highest BCUT2D eigenvalue weighted by Crippen LogP contribution is 2.24. The standard InChI is InChI=1S/C24H21BrN2O3/c1-15-5-11-18(12-6-15)27-21-3-2-4-22(28)19(21)13-20(24(27)30)23(29)26-14-16-7-9-17(25)10-8-16/h5-13H,2-4,14H2,1H3,(H,26,29). The van der Waals surface area contributed by atoms with Gasteiger partial charge < -0.3 is 5.32 Å². The van der Waals surface area contributed by atoms with Gasteiger partial charge in [0.15, 0.2) is 5.78 Å². The third-order valence-corrected chi connectivity index (χ3v) is 5.85. The molecule has 1 N–H and O–H groups in total. The molecule has 0 spiro atoms. The van der Waals surface area contributed by atoms with Gasteiger partial charge in [-0.25, -0.2) is 0 Å². The summed E-state index contributed by atoms with van der Waals surface area (Å²) in [7, 11) is 0. The Hall–Kier alpha value is -2.99. The fraction of sp³-hybridized carbons (Fsp3) is 0.208. The van der Waals surface area contributed by atoms with Crippen LogP contribution in [0.4, 0.5) is 0 Å². The summed E-state index contributed by atoms with van der Waals surface area (Å²) in [4.78, 5) is 38.8. The van der Waals surface area contributed by atoms with Gasteiger partial charge in [-0.1, -0.05) is 45.8 Å². The zero-order valence-electron chi connectivity index (χ0n) is 16.6. The molecule has 0 saturated carbocycles. The number of carbonyl (C=O) groups is 2. The molecule has 4 rings (SSSR count). The minimum Gasteiger partial charge on any atom is -0.348 e. The van der Waals surface area contributed by atoms with Crippen molar-refractivity contribution in [1.29, 1.82) is 0 Å². The number of ketones is 1. The molecule has 30 heavy (non-hydrogen) atoms. The van der Waals surface area contributed by atoms with Crippen LogP contribution in [0.25, 0.3) is 5.69 Å². The van der Waals surface area contributed by atoms with E-state index in [1.54, 1.807) is 0 Å². The van der Waals surface area contributed by atoms with E-state index in [0.29, 0.717) is 42.8 Å². The van der Waals surface area contributed by atoms with Crippen molar-refractivity contribution < 1.29 is 9.59 Å². The van der Waals surface area contributed by atoms with Gasteiger partial charge in [0, 0.05) is 34.4 Å². The third kappa shape index (κ3) is 4.00. The Labute approximate surface area is 182 Å². The van der Waals surface area contributed by atoms with Crippen molar-refractivity contribution in [3.05, 3.63) is 97.4 Å². The van der Waals surface area contributed by atoms with Gasteiger partial charge >= 0.3 is 0 Å². The summed E-state index contributed by atoms with van der Waals surface area (Å²) >= 11 is 3.38. The first-order valence-electron chi connectivity index (χ1n) is 9.86. The van der Waals surface area contributed by atoms with Gasteiger partial charge in [-0.3, -0.25) is 19.0 Å². The van der Waals surface area contributed by atoms with Crippen LogP contribution in [-0.4, -0.2) is 16.3 Å². The fourth-order valence-electron chi connectivity index (χ4n) is 3.70. The van der Waals surface area contributed by atoms with Gasteiger partial charge in [0.2, 0.25) is 0 Å². The molecular formula is C24H21BrN2O3. The Morgan fingerprint density at radius 2 is 1.73 bits per heavy atom. The van der Waals surface area contributed by atoms with Gasteiger partial charge in [-0.15, -0.1) is 0 Å². The van der Waals surface area contributed by atoms with Crippen LogP contribution in [0.15, 0.2) is 63.9 Å². The van der Waals surface area contributed by atoms with Crippen molar-refractivity contribution in [2.45, 2.75) is 32.7 Å². The second-order valence-electron chi connectivity index (χ2n) is 7.48. The molecule has 0 radical (unpaired) electrons. The van der Waals surface area contributed by atoms with Crippen molar-refractivity contribution in [3.63, 3.8) is 0 Å². The summed E-state index contributed by atoms with van der Waals surface area (Å²) < 4.78 is 2.48. The minimum atomic E-state index is -0.482. The molecule has 0 bridgehead atoms. The molecule has 0 aliphatic heterocycles. The number of carbonyl (C=O) groups excluding carboxylic acids is 2. The third-order valence-electron chi connectivity index (χ3n) is 5.32. The zero-order valence-corrected chi connectivity index (χ0v) is 18.2. The lowest BCUT2D eigenvalue weighted by Crippen LogP contribution is -2.35. The number of amides is 1. The second-order valence-corrected chi connectivity index (χ2v) is 8.40. The minimum absolute atomic E-state index is 0.0123. The SMILES string of the molecule is Cc1ccc(-n2c3c(cc(C(=O)NCc4ccc(Br)cc4)c2=O)C(=O)CCC3)cc1. The lowest BCUT2D eigenvalue weighted by molar-refractivity contribution is 0.0949. The first kappa shape index (κ1) is 20.3. The molecule has 1 aliphatic carbocycles. The number of nitrogens with one attached hydrogen (secondary N) is 1. The Morgan fingerprint density at radius 3 is 2.43 bits per heavy atom. The van der Waals surface area contributed by atoms with Gasteiger partial charge in [-0.05, 0) is 55.7 Å². The number of fused-ring (bicyclic) bond motifs is 1. The highest BCUT2D eigenvalue weighted by atomic mass is 79.9. The van der Waals surface area contributed by atoms with E-state index in [-0.39, 0.29) is 11.3 Å². The summed E-state index contributed by atoms with van der Waals surface area (Å²) in [5.74, 6) is -0.510. The number of hydrogen-bond donors (Lipinski definition) is 1. The number of hydrogen-bond acceptors (Lipinski definition) is 3. The van der Waals surface area contributed by atoms with Crippen LogP contribution >= 0.6 is 15.9 Å². The first-order valence-corrected chi connectivity index (χ1v) is 10.6. The van der Waals surface area contributed by atoms with Crippen LogP contribution in [-0.2, 0) is 13.0 Å². The molecule has 1 aliphatic rings. The maximum Gasteiger partial charge on any atom is 0.268 e. The predicted octanol–water partition coefficient (Wildman–Crippen LogP) is 4.36. The quantitative estimate of drug-likeness (QED) is 0.623. The van der Waals surface area contributed by atoms with E-state index in [2.05, 4.69) is 21.2 Å². The molecule has 0 atom stereocenters. The Morgan fingerprint density at radius 1 is 1.03 bits per heavy atom. The summed E-state index contributed by atoms with van der Waals surface area (Å²) in [5.41, 5.74) is 3.39. The maximum atomic E-state index is 13.3. The molecule has 5 nitrogen and oxygen atoms in total. The molecule has 3 aromatic rings. The number of rotatable bonds is 4. The van der Waals surface area contributed by atoms with E-state index in [0.717, 1.165) is 15.6 Å². The highest BCUT2D eigenvalue weighted by Gasteiger charge is 2.26. The topological polar surface area (TPSA) is 68.2 Å². The van der Waals surface area contributed by atoms with Crippen LogP contribution in [0.2, 0.25) is 0 Å². The van der Waals surface area contributed by atoms with Crippen LogP contribution < -0.4 is 10.9 Å². The molecule has 0 fully saturated rings. The van der Waals surface area contributed by atoms with Crippen molar-refractivity contribution >= 4 is 27.6 Å². The Kier molecular flexibility index (Phi) is 5.68. The number of aromatic nitrogens is 1. The van der Waals surface area contributed by atoms with Gasteiger partial charge in [0.05, 0.1) is 0 Å². The number of benzene rings is 2.